The van der Waals surface area contributed by atoms with Crippen LogP contribution in [0.1, 0.15) is 20.0 Å². The maximum atomic E-state index is 12.7. The second-order valence-corrected chi connectivity index (χ2v) is 3.71. The van der Waals surface area contributed by atoms with Crippen molar-refractivity contribution in [1.82, 2.24) is 4.98 Å². The number of hydrogen-bond donors (Lipinski definition) is 2. The van der Waals surface area contributed by atoms with Crippen LogP contribution in [0.4, 0.5) is 24.7 Å². The number of pyridine rings is 1. The minimum atomic E-state index is -4.58. The van der Waals surface area contributed by atoms with Crippen LogP contribution in [0, 0.1) is 0 Å². The van der Waals surface area contributed by atoms with E-state index in [4.69, 9.17) is 9.22 Å². The van der Waals surface area contributed by atoms with Crippen molar-refractivity contribution in [3.8, 4) is 0 Å². The van der Waals surface area contributed by atoms with Crippen molar-refractivity contribution in [3.63, 3.8) is 0 Å². The molecular weight excluding hydrogens is 273 g/mol. The second-order valence-electron chi connectivity index (χ2n) is 3.71. The number of nitrogens with zero attached hydrogens (tertiary/aromatic N) is 1. The largest absolute Gasteiger partial charge is 0.478 e. The number of benzene rings is 1. The number of alkyl halides is 3. The van der Waals surface area contributed by atoms with E-state index in [1.165, 1.54) is 6.07 Å². The highest BCUT2D eigenvalue weighted by atomic mass is 19.4. The summed E-state index contributed by atoms with van der Waals surface area (Å²) in [5.74, 6) is -2.05. The summed E-state index contributed by atoms with van der Waals surface area (Å²) < 4.78 is 60.4. The molecule has 2 rings (SSSR count). The number of hydrogen-bond acceptors (Lipinski definition) is 3. The van der Waals surface area contributed by atoms with E-state index in [-0.39, 0.29) is 5.69 Å². The van der Waals surface area contributed by atoms with Crippen LogP contribution in [-0.4, -0.2) is 16.1 Å². The lowest BCUT2D eigenvalue weighted by Crippen LogP contribution is -2.07. The van der Waals surface area contributed by atoms with Gasteiger partial charge >= 0.3 is 12.1 Å². The van der Waals surface area contributed by atoms with Crippen molar-refractivity contribution in [2.75, 3.05) is 5.32 Å². The first-order valence-electron chi connectivity index (χ1n) is 6.76. The molecule has 0 unspecified atom stereocenters. The maximum absolute atomic E-state index is 12.7. The molecule has 0 aliphatic carbocycles. The molecule has 1 aromatic carbocycles. The smallest absolute Gasteiger partial charge is 0.416 e. The Morgan fingerprint density at radius 3 is 2.80 bits per heavy atom. The van der Waals surface area contributed by atoms with Crippen LogP contribution in [0.15, 0.2) is 42.5 Å². The van der Waals surface area contributed by atoms with Crippen molar-refractivity contribution in [3.05, 3.63) is 53.7 Å². The van der Waals surface area contributed by atoms with Crippen LogP contribution in [0.5, 0.6) is 0 Å². The zero-order chi connectivity index (χ0) is 17.4. The fourth-order valence-electron chi connectivity index (χ4n) is 1.44. The SMILES string of the molecule is [2H]c1nc(Nc2cccc(C(F)(F)F)c2)c(C(=O)O)c([2H])c1[2H]. The Hall–Kier alpha value is -2.57. The number of nitrogens with one attached hydrogen (secondary N) is 1. The van der Waals surface area contributed by atoms with Crippen LogP contribution in [0.3, 0.4) is 0 Å². The van der Waals surface area contributed by atoms with Gasteiger partial charge in [0.25, 0.3) is 0 Å². The zero-order valence-corrected chi connectivity index (χ0v) is 9.75. The van der Waals surface area contributed by atoms with Gasteiger partial charge in [0.2, 0.25) is 0 Å². The van der Waals surface area contributed by atoms with Gasteiger partial charge in [-0.3, -0.25) is 0 Å². The van der Waals surface area contributed by atoms with Gasteiger partial charge in [0, 0.05) is 11.9 Å². The third-order valence-corrected chi connectivity index (χ3v) is 2.31. The first-order valence-corrected chi connectivity index (χ1v) is 5.26. The molecule has 4 nitrogen and oxygen atoms in total. The fourth-order valence-corrected chi connectivity index (χ4v) is 1.44. The predicted molar refractivity (Wildman–Crippen MR) is 65.9 cm³/mol. The molecule has 0 atom stereocenters. The van der Waals surface area contributed by atoms with Crippen molar-refractivity contribution in [2.24, 2.45) is 0 Å². The van der Waals surface area contributed by atoms with Gasteiger partial charge in [0.15, 0.2) is 0 Å². The minimum absolute atomic E-state index is 0.105. The quantitative estimate of drug-likeness (QED) is 0.905. The molecule has 0 spiro atoms. The van der Waals surface area contributed by atoms with Gasteiger partial charge in [-0.05, 0) is 30.3 Å². The van der Waals surface area contributed by atoms with Gasteiger partial charge in [-0.1, -0.05) is 6.07 Å². The molecule has 0 saturated carbocycles. The van der Waals surface area contributed by atoms with Gasteiger partial charge in [0.1, 0.15) is 11.4 Å². The van der Waals surface area contributed by atoms with E-state index in [1.807, 2.05) is 0 Å². The topological polar surface area (TPSA) is 62.2 Å². The number of carboxylic acid groups (broad SMARTS) is 1. The third kappa shape index (κ3) is 3.05. The number of anilines is 2. The molecule has 7 heteroatoms. The van der Waals surface area contributed by atoms with E-state index in [2.05, 4.69) is 10.3 Å². The molecule has 104 valence electrons. The molecule has 1 aromatic heterocycles. The minimum Gasteiger partial charge on any atom is -0.478 e. The molecule has 0 fully saturated rings. The van der Waals surface area contributed by atoms with E-state index >= 15 is 0 Å². The molecule has 0 aliphatic rings. The monoisotopic (exact) mass is 285 g/mol. The van der Waals surface area contributed by atoms with Crippen LogP contribution in [-0.2, 0) is 6.18 Å². The fraction of sp³-hybridized carbons (Fsp3) is 0.0769. The molecule has 20 heavy (non-hydrogen) atoms. The van der Waals surface area contributed by atoms with Crippen molar-refractivity contribution < 1.29 is 27.2 Å². The molecule has 1 heterocycles. The van der Waals surface area contributed by atoms with Crippen molar-refractivity contribution in [1.29, 1.82) is 0 Å². The Balaban J connectivity index is 2.51. The van der Waals surface area contributed by atoms with E-state index in [9.17, 15) is 18.0 Å². The highest BCUT2D eigenvalue weighted by Crippen LogP contribution is 2.31. The van der Waals surface area contributed by atoms with Crippen molar-refractivity contribution >= 4 is 17.5 Å². The lowest BCUT2D eigenvalue weighted by molar-refractivity contribution is -0.137. The van der Waals surface area contributed by atoms with Gasteiger partial charge < -0.3 is 10.4 Å². The van der Waals surface area contributed by atoms with Gasteiger partial charge in [0.05, 0.1) is 9.68 Å². The van der Waals surface area contributed by atoms with Gasteiger partial charge in [-0.2, -0.15) is 13.2 Å². The summed E-state index contributed by atoms with van der Waals surface area (Å²) in [5, 5.41) is 11.5. The Bertz CT molecular complexity index is 782. The molecule has 0 radical (unpaired) electrons. The Kier molecular flexibility index (Phi) is 2.66. The molecule has 0 saturated heterocycles. The lowest BCUT2D eigenvalue weighted by Gasteiger charge is -2.11. The van der Waals surface area contributed by atoms with Gasteiger partial charge in [-0.15, -0.1) is 0 Å². The zero-order valence-electron chi connectivity index (χ0n) is 12.7. The van der Waals surface area contributed by atoms with Gasteiger partial charge in [-0.25, -0.2) is 9.78 Å². The number of aromatic nitrogens is 1. The summed E-state index contributed by atoms with van der Waals surface area (Å²) in [6, 6.07) is 2.53. The molecule has 2 N–H and O–H groups in total. The number of aromatic carboxylic acids is 1. The Labute approximate surface area is 116 Å². The lowest BCUT2D eigenvalue weighted by atomic mass is 10.2. The van der Waals surface area contributed by atoms with E-state index in [1.54, 1.807) is 0 Å². The highest BCUT2D eigenvalue weighted by Gasteiger charge is 2.30. The first kappa shape index (κ1) is 10.2. The van der Waals surface area contributed by atoms with E-state index in [0.29, 0.717) is 0 Å². The number of halogens is 3. The third-order valence-electron chi connectivity index (χ3n) is 2.31. The summed E-state index contributed by atoms with van der Waals surface area (Å²) in [6.45, 7) is 0. The van der Waals surface area contributed by atoms with Crippen LogP contribution >= 0.6 is 0 Å². The van der Waals surface area contributed by atoms with E-state index in [0.717, 1.165) is 18.2 Å². The number of carbonyl (C=O) groups is 1. The summed E-state index contributed by atoms with van der Waals surface area (Å²) in [4.78, 5) is 14.7. The van der Waals surface area contributed by atoms with Crippen molar-refractivity contribution in [2.45, 2.75) is 6.18 Å². The number of carboxylic acids is 1. The Morgan fingerprint density at radius 1 is 1.40 bits per heavy atom. The average molecular weight is 285 g/mol. The average Bonchev–Trinajstić information content (AvgIpc) is 2.44. The molecule has 0 aliphatic heterocycles. The second kappa shape index (κ2) is 5.20. The Morgan fingerprint density at radius 2 is 2.15 bits per heavy atom. The summed E-state index contributed by atoms with van der Waals surface area (Å²) in [5.41, 5.74) is -1.75. The van der Waals surface area contributed by atoms with Crippen LogP contribution < -0.4 is 5.32 Å². The van der Waals surface area contributed by atoms with Crippen LogP contribution in [0.2, 0.25) is 0 Å². The summed E-state index contributed by atoms with van der Waals surface area (Å²) in [6.07, 6.45) is -5.23. The van der Waals surface area contributed by atoms with Crippen LogP contribution in [0.25, 0.3) is 0 Å². The predicted octanol–water partition coefficient (Wildman–Crippen LogP) is 3.54. The number of rotatable bonds is 3. The maximum Gasteiger partial charge on any atom is 0.416 e. The standard InChI is InChI=1S/C13H9F3N2O2/c14-13(15,16)8-3-1-4-9(7-8)18-11-10(12(19)20)5-2-6-17-11/h1-7H,(H,17,18)(H,19,20)/i2D,5D,6D. The van der Waals surface area contributed by atoms with E-state index < -0.39 is 47.3 Å². The molecular formula is C13H9F3N2O2. The summed E-state index contributed by atoms with van der Waals surface area (Å²) >= 11 is 0. The molecule has 0 bridgehead atoms. The molecule has 0 amide bonds. The normalized spacial score (nSPS) is 13.2. The summed E-state index contributed by atoms with van der Waals surface area (Å²) in [7, 11) is 0. The molecule has 2 aromatic rings. The first-order chi connectivity index (χ1) is 10.6. The highest BCUT2D eigenvalue weighted by molar-refractivity contribution is 5.93.